The molecule has 22 heavy (non-hydrogen) atoms. The second-order valence-electron chi connectivity index (χ2n) is 5.24. The van der Waals surface area contributed by atoms with Crippen molar-refractivity contribution >= 4 is 11.9 Å². The summed E-state index contributed by atoms with van der Waals surface area (Å²) in [5.41, 5.74) is 8.57. The summed E-state index contributed by atoms with van der Waals surface area (Å²) >= 11 is 0. The standard InChI is InChI=1S/C18H21N3O/c1-2-13-8-10-14(11-9-13)12-16(17(22)21-18(19)20)15-6-4-3-5-7-15/h3-11,16H,2,12H2,1H3,(H4,19,20,21,22)/t16-/m0/s1. The summed E-state index contributed by atoms with van der Waals surface area (Å²) in [6, 6.07) is 17.8. The Bertz CT molecular complexity index is 635. The van der Waals surface area contributed by atoms with Gasteiger partial charge in [0.2, 0.25) is 5.91 Å². The third-order valence-electron chi connectivity index (χ3n) is 3.65. The summed E-state index contributed by atoms with van der Waals surface area (Å²) in [5.74, 6) is -0.942. The molecule has 0 heterocycles. The largest absolute Gasteiger partial charge is 0.370 e. The zero-order chi connectivity index (χ0) is 15.9. The van der Waals surface area contributed by atoms with Crippen molar-refractivity contribution in [2.45, 2.75) is 25.7 Å². The van der Waals surface area contributed by atoms with E-state index in [1.807, 2.05) is 30.3 Å². The van der Waals surface area contributed by atoms with Crippen LogP contribution in [0.3, 0.4) is 0 Å². The molecule has 0 fully saturated rings. The second-order valence-corrected chi connectivity index (χ2v) is 5.24. The van der Waals surface area contributed by atoms with E-state index in [0.29, 0.717) is 6.42 Å². The van der Waals surface area contributed by atoms with Gasteiger partial charge in [0.25, 0.3) is 0 Å². The van der Waals surface area contributed by atoms with E-state index in [1.54, 1.807) is 0 Å². The molecule has 0 bridgehead atoms. The topological polar surface area (TPSA) is 79.0 Å². The number of benzene rings is 2. The number of rotatable bonds is 5. The smallest absolute Gasteiger partial charge is 0.234 e. The number of nitrogens with one attached hydrogen (secondary N) is 2. The van der Waals surface area contributed by atoms with E-state index in [-0.39, 0.29) is 17.8 Å². The van der Waals surface area contributed by atoms with Crippen molar-refractivity contribution in [1.29, 1.82) is 5.41 Å². The molecule has 4 heteroatoms. The van der Waals surface area contributed by atoms with Crippen LogP contribution < -0.4 is 11.1 Å². The maximum atomic E-state index is 12.3. The van der Waals surface area contributed by atoms with Gasteiger partial charge < -0.3 is 5.73 Å². The first-order valence-corrected chi connectivity index (χ1v) is 7.37. The van der Waals surface area contributed by atoms with Crippen LogP contribution in [0.1, 0.15) is 29.5 Å². The van der Waals surface area contributed by atoms with Crippen molar-refractivity contribution in [2.24, 2.45) is 5.73 Å². The molecule has 1 atom stereocenters. The molecule has 0 radical (unpaired) electrons. The molecule has 0 aliphatic rings. The maximum Gasteiger partial charge on any atom is 0.234 e. The maximum absolute atomic E-state index is 12.3. The highest BCUT2D eigenvalue weighted by molar-refractivity contribution is 5.98. The van der Waals surface area contributed by atoms with Crippen LogP contribution in [0.4, 0.5) is 0 Å². The van der Waals surface area contributed by atoms with E-state index in [1.165, 1.54) is 5.56 Å². The van der Waals surface area contributed by atoms with Crippen LogP contribution in [0, 0.1) is 5.41 Å². The number of nitrogens with two attached hydrogens (primary N) is 1. The molecule has 4 nitrogen and oxygen atoms in total. The highest BCUT2D eigenvalue weighted by atomic mass is 16.2. The Hall–Kier alpha value is -2.62. The molecule has 0 unspecified atom stereocenters. The molecule has 0 aromatic heterocycles. The lowest BCUT2D eigenvalue weighted by Gasteiger charge is -2.17. The Morgan fingerprint density at radius 2 is 1.68 bits per heavy atom. The fourth-order valence-corrected chi connectivity index (χ4v) is 2.41. The van der Waals surface area contributed by atoms with Gasteiger partial charge in [0.05, 0.1) is 5.92 Å². The molecule has 4 N–H and O–H groups in total. The van der Waals surface area contributed by atoms with Gasteiger partial charge in [0.1, 0.15) is 0 Å². The summed E-state index contributed by atoms with van der Waals surface area (Å²) in [7, 11) is 0. The van der Waals surface area contributed by atoms with E-state index in [0.717, 1.165) is 17.5 Å². The van der Waals surface area contributed by atoms with E-state index >= 15 is 0 Å². The Labute approximate surface area is 130 Å². The molecule has 0 spiro atoms. The van der Waals surface area contributed by atoms with Gasteiger partial charge in [-0.2, -0.15) is 0 Å². The van der Waals surface area contributed by atoms with Crippen LogP contribution in [0.25, 0.3) is 0 Å². The minimum Gasteiger partial charge on any atom is -0.370 e. The van der Waals surface area contributed by atoms with Crippen molar-refractivity contribution in [1.82, 2.24) is 5.32 Å². The van der Waals surface area contributed by atoms with Gasteiger partial charge in [-0.1, -0.05) is 61.5 Å². The molecule has 0 saturated heterocycles. The van der Waals surface area contributed by atoms with E-state index in [2.05, 4.69) is 36.5 Å². The zero-order valence-corrected chi connectivity index (χ0v) is 12.7. The summed E-state index contributed by atoms with van der Waals surface area (Å²) in [6.45, 7) is 2.11. The highest BCUT2D eigenvalue weighted by Crippen LogP contribution is 2.21. The Morgan fingerprint density at radius 1 is 1.09 bits per heavy atom. The lowest BCUT2D eigenvalue weighted by molar-refractivity contribution is -0.121. The van der Waals surface area contributed by atoms with Gasteiger partial charge in [0.15, 0.2) is 5.96 Å². The molecular formula is C18H21N3O. The van der Waals surface area contributed by atoms with Crippen LogP contribution in [-0.2, 0) is 17.6 Å². The van der Waals surface area contributed by atoms with E-state index in [9.17, 15) is 4.79 Å². The van der Waals surface area contributed by atoms with Crippen molar-refractivity contribution in [3.63, 3.8) is 0 Å². The molecule has 2 aromatic rings. The molecule has 0 aliphatic carbocycles. The molecule has 0 aliphatic heterocycles. The Morgan fingerprint density at radius 3 is 2.23 bits per heavy atom. The van der Waals surface area contributed by atoms with Gasteiger partial charge in [0, 0.05) is 0 Å². The van der Waals surface area contributed by atoms with Crippen molar-refractivity contribution < 1.29 is 4.79 Å². The van der Waals surface area contributed by atoms with Gasteiger partial charge in [-0.05, 0) is 29.5 Å². The Balaban J connectivity index is 2.23. The fraction of sp³-hybridized carbons (Fsp3) is 0.222. The van der Waals surface area contributed by atoms with Crippen LogP contribution in [-0.4, -0.2) is 11.9 Å². The first-order valence-electron chi connectivity index (χ1n) is 7.37. The van der Waals surface area contributed by atoms with Gasteiger partial charge in [-0.25, -0.2) is 0 Å². The molecule has 114 valence electrons. The zero-order valence-electron chi connectivity index (χ0n) is 12.7. The number of amides is 1. The lowest BCUT2D eigenvalue weighted by atomic mass is 9.91. The number of carbonyl (C=O) groups is 1. The molecule has 1 amide bonds. The third kappa shape index (κ3) is 4.19. The van der Waals surface area contributed by atoms with Crippen LogP contribution in [0.15, 0.2) is 54.6 Å². The third-order valence-corrected chi connectivity index (χ3v) is 3.65. The van der Waals surface area contributed by atoms with Gasteiger partial charge >= 0.3 is 0 Å². The number of aryl methyl sites for hydroxylation is 1. The minimum atomic E-state index is -0.363. The molecule has 2 rings (SSSR count). The lowest BCUT2D eigenvalue weighted by Crippen LogP contribution is -2.39. The van der Waals surface area contributed by atoms with Crippen molar-refractivity contribution in [3.05, 3.63) is 71.3 Å². The van der Waals surface area contributed by atoms with Gasteiger partial charge in [-0.15, -0.1) is 0 Å². The predicted molar refractivity (Wildman–Crippen MR) is 88.8 cm³/mol. The summed E-state index contributed by atoms with van der Waals surface area (Å²) < 4.78 is 0. The Kier molecular flexibility index (Phi) is 5.31. The average Bonchev–Trinajstić information content (AvgIpc) is 2.53. The number of carbonyl (C=O) groups excluding carboxylic acids is 1. The minimum absolute atomic E-state index is 0.252. The molecule has 0 saturated carbocycles. The first-order chi connectivity index (χ1) is 10.6. The number of hydrogen-bond acceptors (Lipinski definition) is 2. The normalized spacial score (nSPS) is 11.7. The molecule has 2 aromatic carbocycles. The summed E-state index contributed by atoms with van der Waals surface area (Å²) in [4.78, 5) is 12.3. The average molecular weight is 295 g/mol. The predicted octanol–water partition coefficient (Wildman–Crippen LogP) is 2.58. The first kappa shape index (κ1) is 15.8. The van der Waals surface area contributed by atoms with Crippen molar-refractivity contribution in [3.8, 4) is 0 Å². The monoisotopic (exact) mass is 295 g/mol. The summed E-state index contributed by atoms with van der Waals surface area (Å²) in [6.07, 6.45) is 1.57. The van der Waals surface area contributed by atoms with Crippen LogP contribution >= 0.6 is 0 Å². The van der Waals surface area contributed by atoms with Crippen LogP contribution in [0.5, 0.6) is 0 Å². The van der Waals surface area contributed by atoms with Crippen LogP contribution in [0.2, 0.25) is 0 Å². The highest BCUT2D eigenvalue weighted by Gasteiger charge is 2.21. The summed E-state index contributed by atoms with van der Waals surface area (Å²) in [5, 5.41) is 9.67. The van der Waals surface area contributed by atoms with E-state index < -0.39 is 0 Å². The van der Waals surface area contributed by atoms with Crippen molar-refractivity contribution in [2.75, 3.05) is 0 Å². The van der Waals surface area contributed by atoms with Gasteiger partial charge in [-0.3, -0.25) is 15.5 Å². The number of hydrogen-bond donors (Lipinski definition) is 3. The fourth-order valence-electron chi connectivity index (χ4n) is 2.41. The molecular weight excluding hydrogens is 274 g/mol. The SMILES string of the molecule is CCc1ccc(C[C@H](C(=O)NC(=N)N)c2ccccc2)cc1. The quantitative estimate of drug-likeness (QED) is 0.585. The second kappa shape index (κ2) is 7.41. The van der Waals surface area contributed by atoms with E-state index in [4.69, 9.17) is 11.1 Å². The number of guanidine groups is 1.